The van der Waals surface area contributed by atoms with Crippen molar-refractivity contribution in [1.82, 2.24) is 4.90 Å². The highest BCUT2D eigenvalue weighted by molar-refractivity contribution is 8.00. The largest absolute Gasteiger partial charge is 0.480 e. The first-order valence-corrected chi connectivity index (χ1v) is 8.10. The van der Waals surface area contributed by atoms with E-state index in [1.807, 2.05) is 30.3 Å². The third-order valence-corrected chi connectivity index (χ3v) is 5.46. The fourth-order valence-corrected chi connectivity index (χ4v) is 4.26. The summed E-state index contributed by atoms with van der Waals surface area (Å²) in [5.41, 5.74) is 0.776. The second-order valence-electron chi connectivity index (χ2n) is 5.50. The monoisotopic (exact) mass is 306 g/mol. The average molecular weight is 306 g/mol. The topological polar surface area (TPSA) is 60.9 Å². The van der Waals surface area contributed by atoms with Gasteiger partial charge >= 0.3 is 12.0 Å². The van der Waals surface area contributed by atoms with Gasteiger partial charge < -0.3 is 5.11 Å². The first-order chi connectivity index (χ1) is 10.1. The van der Waals surface area contributed by atoms with E-state index in [1.165, 1.54) is 4.90 Å². The minimum Gasteiger partial charge on any atom is -0.480 e. The second kappa shape index (κ2) is 5.60. The molecule has 5 nitrogen and oxygen atoms in total. The molecule has 1 aliphatic heterocycles. The van der Waals surface area contributed by atoms with Crippen LogP contribution in [0, 0.1) is 5.92 Å². The van der Waals surface area contributed by atoms with Crippen LogP contribution in [0.2, 0.25) is 0 Å². The molecule has 2 unspecified atom stereocenters. The van der Waals surface area contributed by atoms with Gasteiger partial charge in [0.1, 0.15) is 6.04 Å². The van der Waals surface area contributed by atoms with Crippen LogP contribution in [0.5, 0.6) is 0 Å². The van der Waals surface area contributed by atoms with Gasteiger partial charge in [-0.3, -0.25) is 9.80 Å². The molecule has 2 aliphatic rings. The van der Waals surface area contributed by atoms with Crippen molar-refractivity contribution in [3.05, 3.63) is 30.3 Å². The number of nitrogens with zero attached hydrogens (tertiary/aromatic N) is 2. The van der Waals surface area contributed by atoms with E-state index in [0.29, 0.717) is 11.7 Å². The van der Waals surface area contributed by atoms with Gasteiger partial charge in [-0.15, -0.1) is 11.8 Å². The fourth-order valence-electron chi connectivity index (χ4n) is 2.64. The smallest absolute Gasteiger partial charge is 0.327 e. The number of para-hydroxylation sites is 1. The molecule has 2 atom stereocenters. The molecule has 1 N–H and O–H groups in total. The summed E-state index contributed by atoms with van der Waals surface area (Å²) >= 11 is 1.60. The third kappa shape index (κ3) is 2.72. The Morgan fingerprint density at radius 2 is 1.95 bits per heavy atom. The van der Waals surface area contributed by atoms with Crippen LogP contribution in [0.1, 0.15) is 12.8 Å². The number of rotatable bonds is 3. The Morgan fingerprint density at radius 1 is 1.29 bits per heavy atom. The summed E-state index contributed by atoms with van der Waals surface area (Å²) in [6, 6.07) is 8.37. The van der Waals surface area contributed by atoms with Gasteiger partial charge in [-0.05, 0) is 30.9 Å². The molecule has 21 heavy (non-hydrogen) atoms. The summed E-state index contributed by atoms with van der Waals surface area (Å²) in [7, 11) is 1.70. The molecule has 2 amide bonds. The highest BCUT2D eigenvalue weighted by atomic mass is 32.2. The Bertz CT molecular complexity index is 547. The number of urea groups is 1. The number of hydrogen-bond donors (Lipinski definition) is 1. The van der Waals surface area contributed by atoms with Crippen LogP contribution in [0.4, 0.5) is 10.5 Å². The van der Waals surface area contributed by atoms with Gasteiger partial charge in [-0.25, -0.2) is 9.59 Å². The summed E-state index contributed by atoms with van der Waals surface area (Å²) in [5.74, 6) is 0.0122. The highest BCUT2D eigenvalue weighted by Gasteiger charge is 2.48. The molecule has 1 heterocycles. The first-order valence-electron chi connectivity index (χ1n) is 7.05. The van der Waals surface area contributed by atoms with Crippen LogP contribution in [0.25, 0.3) is 0 Å². The van der Waals surface area contributed by atoms with E-state index in [-0.39, 0.29) is 11.4 Å². The van der Waals surface area contributed by atoms with Crippen LogP contribution in [0.15, 0.2) is 30.3 Å². The van der Waals surface area contributed by atoms with Crippen molar-refractivity contribution >= 4 is 29.4 Å². The molecule has 1 saturated carbocycles. The van der Waals surface area contributed by atoms with Gasteiger partial charge in [-0.1, -0.05) is 18.2 Å². The van der Waals surface area contributed by atoms with Gasteiger partial charge in [0.25, 0.3) is 0 Å². The van der Waals surface area contributed by atoms with Crippen molar-refractivity contribution in [2.24, 2.45) is 5.92 Å². The lowest BCUT2D eigenvalue weighted by Gasteiger charge is -2.31. The minimum absolute atomic E-state index is 0.00441. The minimum atomic E-state index is -0.916. The molecule has 0 radical (unpaired) electrons. The molecule has 0 bridgehead atoms. The van der Waals surface area contributed by atoms with Crippen molar-refractivity contribution in [2.75, 3.05) is 17.7 Å². The van der Waals surface area contributed by atoms with E-state index < -0.39 is 12.0 Å². The molecular weight excluding hydrogens is 288 g/mol. The van der Waals surface area contributed by atoms with Crippen molar-refractivity contribution < 1.29 is 14.7 Å². The van der Waals surface area contributed by atoms with Crippen LogP contribution >= 0.6 is 11.8 Å². The predicted octanol–water partition coefficient (Wildman–Crippen LogP) is 2.48. The first kappa shape index (κ1) is 14.3. The number of hydrogen-bond acceptors (Lipinski definition) is 3. The molecule has 112 valence electrons. The molecular formula is C15H18N2O3S. The Morgan fingerprint density at radius 3 is 2.52 bits per heavy atom. The maximum Gasteiger partial charge on any atom is 0.327 e. The second-order valence-corrected chi connectivity index (χ2v) is 6.65. The zero-order valence-electron chi connectivity index (χ0n) is 11.8. The Labute approximate surface area is 127 Å². The van der Waals surface area contributed by atoms with Crippen molar-refractivity contribution in [3.63, 3.8) is 0 Å². The van der Waals surface area contributed by atoms with Gasteiger partial charge in [0.05, 0.1) is 5.37 Å². The van der Waals surface area contributed by atoms with E-state index in [9.17, 15) is 14.7 Å². The molecule has 1 aliphatic carbocycles. The summed E-state index contributed by atoms with van der Waals surface area (Å²) in [6.45, 7) is 0. The number of anilines is 1. The summed E-state index contributed by atoms with van der Waals surface area (Å²) in [5, 5.41) is 9.38. The number of benzene rings is 1. The number of carbonyl (C=O) groups is 2. The molecule has 3 rings (SSSR count). The van der Waals surface area contributed by atoms with E-state index in [2.05, 4.69) is 0 Å². The van der Waals surface area contributed by atoms with Gasteiger partial charge in [0.15, 0.2) is 0 Å². The molecule has 6 heteroatoms. The van der Waals surface area contributed by atoms with Gasteiger partial charge in [-0.2, -0.15) is 0 Å². The molecule has 0 aromatic heterocycles. The number of thioether (sulfide) groups is 1. The normalized spacial score (nSPS) is 24.9. The Kier molecular flexibility index (Phi) is 3.80. The molecule has 2 fully saturated rings. The lowest BCUT2D eigenvalue weighted by atomic mass is 10.2. The summed E-state index contributed by atoms with van der Waals surface area (Å²) in [6.07, 6.45) is 2.17. The van der Waals surface area contributed by atoms with Crippen LogP contribution in [0.3, 0.4) is 0 Å². The van der Waals surface area contributed by atoms with Gasteiger partial charge in [0.2, 0.25) is 0 Å². The standard InChI is InChI=1S/C15H18N2O3S/c1-16(11-5-3-2-4-6-11)15(20)17-12(14(18)19)9-21-13(17)10-7-8-10/h2-6,10,12-13H,7-9H2,1H3,(H,18,19). The van der Waals surface area contributed by atoms with Crippen molar-refractivity contribution in [3.8, 4) is 0 Å². The molecule has 1 aromatic carbocycles. The lowest BCUT2D eigenvalue weighted by molar-refractivity contribution is -0.141. The third-order valence-electron chi connectivity index (χ3n) is 4.00. The van der Waals surface area contributed by atoms with Crippen molar-refractivity contribution in [2.45, 2.75) is 24.3 Å². The maximum atomic E-state index is 12.8. The number of carboxylic acid groups (broad SMARTS) is 1. The molecule has 1 aromatic rings. The summed E-state index contributed by atoms with van der Waals surface area (Å²) < 4.78 is 0. The van der Waals surface area contributed by atoms with E-state index >= 15 is 0 Å². The predicted molar refractivity (Wildman–Crippen MR) is 82.5 cm³/mol. The van der Waals surface area contributed by atoms with Gasteiger partial charge in [0, 0.05) is 18.5 Å². The summed E-state index contributed by atoms with van der Waals surface area (Å²) in [4.78, 5) is 27.3. The number of carbonyl (C=O) groups excluding carboxylic acids is 1. The number of carboxylic acids is 1. The van der Waals surface area contributed by atoms with Crippen LogP contribution < -0.4 is 4.90 Å². The van der Waals surface area contributed by atoms with E-state index in [4.69, 9.17) is 0 Å². The van der Waals surface area contributed by atoms with E-state index in [0.717, 1.165) is 18.5 Å². The fraction of sp³-hybridized carbons (Fsp3) is 0.467. The lowest BCUT2D eigenvalue weighted by Crippen LogP contribution is -2.51. The molecule has 0 spiro atoms. The average Bonchev–Trinajstić information content (AvgIpc) is 3.24. The van der Waals surface area contributed by atoms with Crippen molar-refractivity contribution in [1.29, 1.82) is 0 Å². The van der Waals surface area contributed by atoms with Crippen LogP contribution in [-0.4, -0.2) is 46.2 Å². The molecule has 1 saturated heterocycles. The zero-order chi connectivity index (χ0) is 15.0. The number of amides is 2. The maximum absolute atomic E-state index is 12.8. The quantitative estimate of drug-likeness (QED) is 0.932. The number of aliphatic carboxylic acids is 1. The van der Waals surface area contributed by atoms with Crippen LogP contribution in [-0.2, 0) is 4.79 Å². The zero-order valence-corrected chi connectivity index (χ0v) is 12.6. The van der Waals surface area contributed by atoms with E-state index in [1.54, 1.807) is 23.7 Å². The highest BCUT2D eigenvalue weighted by Crippen LogP contribution is 2.45. The Balaban J connectivity index is 1.84. The Hall–Kier alpha value is -1.69. The SMILES string of the molecule is CN(C(=O)N1C(C(=O)O)CSC1C1CC1)c1ccccc1.